The zero-order valence-electron chi connectivity index (χ0n) is 12.9. The lowest BCUT2D eigenvalue weighted by atomic mass is 10.2. The fraction of sp³-hybridized carbons (Fsp3) is 0.500. The third-order valence-electron chi connectivity index (χ3n) is 2.99. The van der Waals surface area contributed by atoms with Crippen LogP contribution >= 0.6 is 7.82 Å². The van der Waals surface area contributed by atoms with Gasteiger partial charge in [0, 0.05) is 0 Å². The molecule has 0 saturated carbocycles. The number of carbonyl (C=O) groups is 1. The molecule has 23 heavy (non-hydrogen) atoms. The summed E-state index contributed by atoms with van der Waals surface area (Å²) in [5, 5.41) is -0.482. The van der Waals surface area contributed by atoms with E-state index in [1.54, 1.807) is 44.2 Å². The van der Waals surface area contributed by atoms with Gasteiger partial charge in [0.1, 0.15) is 5.75 Å². The maximum absolute atomic E-state index is 12.7. The van der Waals surface area contributed by atoms with Crippen LogP contribution in [0.1, 0.15) is 26.7 Å². The monoisotopic (exact) mass is 362 g/mol. The Morgan fingerprint density at radius 2 is 2.09 bits per heavy atom. The number of hydrogen-bond donors (Lipinski definition) is 0. The largest absolute Gasteiger partial charge is 0.530 e. The molecular formula is C14H19O7PS. The van der Waals surface area contributed by atoms with E-state index in [9.17, 15) is 13.6 Å². The van der Waals surface area contributed by atoms with Crippen LogP contribution in [-0.2, 0) is 33.7 Å². The second-order valence-corrected chi connectivity index (χ2v) is 7.86. The van der Waals surface area contributed by atoms with Crippen molar-refractivity contribution in [2.75, 3.05) is 6.61 Å². The Morgan fingerprint density at radius 1 is 1.39 bits per heavy atom. The van der Waals surface area contributed by atoms with Gasteiger partial charge in [0.15, 0.2) is 0 Å². The van der Waals surface area contributed by atoms with Crippen LogP contribution < -0.4 is 4.52 Å². The number of benzene rings is 1. The second-order valence-electron chi connectivity index (χ2n) is 4.96. The van der Waals surface area contributed by atoms with Crippen molar-refractivity contribution in [3.63, 3.8) is 0 Å². The Bertz CT molecular complexity index is 606. The van der Waals surface area contributed by atoms with Gasteiger partial charge in [0.2, 0.25) is 11.1 Å². The van der Waals surface area contributed by atoms with Crippen molar-refractivity contribution in [1.29, 1.82) is 0 Å². The SMILES string of the molecule is CCOP(=O)(Oc1ccccc1)OC(C)CC1CC(=O)OS1=O. The highest BCUT2D eigenvalue weighted by Crippen LogP contribution is 2.51. The van der Waals surface area contributed by atoms with Gasteiger partial charge in [-0.15, -0.1) is 0 Å². The number of rotatable bonds is 8. The highest BCUT2D eigenvalue weighted by molar-refractivity contribution is 7.81. The highest BCUT2D eigenvalue weighted by atomic mass is 32.2. The van der Waals surface area contributed by atoms with Crippen LogP contribution in [0, 0.1) is 0 Å². The predicted molar refractivity (Wildman–Crippen MR) is 84.1 cm³/mol. The molecule has 1 saturated heterocycles. The molecular weight excluding hydrogens is 343 g/mol. The summed E-state index contributed by atoms with van der Waals surface area (Å²) < 4.78 is 44.8. The molecule has 7 nitrogen and oxygen atoms in total. The molecule has 0 N–H and O–H groups in total. The average molecular weight is 362 g/mol. The maximum Gasteiger partial charge on any atom is 0.530 e. The van der Waals surface area contributed by atoms with Crippen molar-refractivity contribution < 1.29 is 31.3 Å². The maximum atomic E-state index is 12.7. The van der Waals surface area contributed by atoms with Gasteiger partial charge >= 0.3 is 13.8 Å². The van der Waals surface area contributed by atoms with Gasteiger partial charge in [-0.25, -0.2) is 8.77 Å². The quantitative estimate of drug-likeness (QED) is 0.657. The molecule has 1 aromatic carbocycles. The molecule has 1 aromatic rings. The van der Waals surface area contributed by atoms with Crippen LogP contribution in [0.15, 0.2) is 30.3 Å². The first-order chi connectivity index (χ1) is 10.9. The van der Waals surface area contributed by atoms with Gasteiger partial charge < -0.3 is 8.71 Å². The standard InChI is InChI=1S/C14H19O7PS/c1-3-18-22(16,20-12-7-5-4-6-8-12)19-11(2)9-13-10-14(15)21-23(13)17/h4-8,11,13H,3,9-10H2,1-2H3. The normalized spacial score (nSPS) is 24.7. The molecule has 9 heteroatoms. The minimum absolute atomic E-state index is 0.0544. The Labute approximate surface area is 137 Å². The number of carbonyl (C=O) groups excluding carboxylic acids is 1. The Balaban J connectivity index is 1.99. The van der Waals surface area contributed by atoms with Gasteiger partial charge in [-0.05, 0) is 32.4 Å². The van der Waals surface area contributed by atoms with Gasteiger partial charge in [-0.2, -0.15) is 0 Å². The Morgan fingerprint density at radius 3 is 2.65 bits per heavy atom. The van der Waals surface area contributed by atoms with E-state index in [1.807, 2.05) is 0 Å². The van der Waals surface area contributed by atoms with Crippen molar-refractivity contribution in [2.24, 2.45) is 0 Å². The smallest absolute Gasteiger partial charge is 0.404 e. The molecule has 0 radical (unpaired) electrons. The van der Waals surface area contributed by atoms with Crippen LogP contribution in [0.4, 0.5) is 0 Å². The van der Waals surface area contributed by atoms with Crippen LogP contribution in [0.3, 0.4) is 0 Å². The lowest BCUT2D eigenvalue weighted by molar-refractivity contribution is -0.131. The van der Waals surface area contributed by atoms with Crippen LogP contribution in [0.5, 0.6) is 5.75 Å². The average Bonchev–Trinajstić information content (AvgIpc) is 2.77. The van der Waals surface area contributed by atoms with Crippen LogP contribution in [0.2, 0.25) is 0 Å². The molecule has 128 valence electrons. The van der Waals surface area contributed by atoms with E-state index in [-0.39, 0.29) is 19.4 Å². The first kappa shape index (κ1) is 18.1. The molecule has 1 heterocycles. The van der Waals surface area contributed by atoms with E-state index in [2.05, 4.69) is 4.18 Å². The van der Waals surface area contributed by atoms with Gasteiger partial charge in [-0.1, -0.05) is 18.2 Å². The number of phosphoric ester groups is 1. The zero-order valence-corrected chi connectivity index (χ0v) is 14.6. The van der Waals surface area contributed by atoms with Crippen molar-refractivity contribution in [3.8, 4) is 5.75 Å². The van der Waals surface area contributed by atoms with E-state index in [4.69, 9.17) is 13.6 Å². The summed E-state index contributed by atoms with van der Waals surface area (Å²) in [6, 6.07) is 8.55. The van der Waals surface area contributed by atoms with Crippen molar-refractivity contribution in [1.82, 2.24) is 0 Å². The van der Waals surface area contributed by atoms with Crippen molar-refractivity contribution in [2.45, 2.75) is 38.0 Å². The number of para-hydroxylation sites is 1. The highest BCUT2D eigenvalue weighted by Gasteiger charge is 2.37. The molecule has 1 fully saturated rings. The fourth-order valence-corrected chi connectivity index (χ4v) is 4.56. The molecule has 4 atom stereocenters. The van der Waals surface area contributed by atoms with Gasteiger partial charge in [0.05, 0.1) is 24.4 Å². The molecule has 1 aliphatic rings. The van der Waals surface area contributed by atoms with Gasteiger partial charge in [0.25, 0.3) is 0 Å². The molecule has 4 unspecified atom stereocenters. The van der Waals surface area contributed by atoms with E-state index >= 15 is 0 Å². The molecule has 0 amide bonds. The molecule has 2 rings (SSSR count). The summed E-state index contributed by atoms with van der Waals surface area (Å²) in [5.74, 6) is -0.145. The summed E-state index contributed by atoms with van der Waals surface area (Å²) in [5.41, 5.74) is 0. The van der Waals surface area contributed by atoms with E-state index < -0.39 is 36.2 Å². The first-order valence-electron chi connectivity index (χ1n) is 7.21. The lowest BCUT2D eigenvalue weighted by Gasteiger charge is -2.22. The Hall–Kier alpha value is -1.21. The summed E-state index contributed by atoms with van der Waals surface area (Å²) in [4.78, 5) is 11.1. The van der Waals surface area contributed by atoms with Crippen LogP contribution in [-0.4, -0.2) is 28.1 Å². The van der Waals surface area contributed by atoms with E-state index in [0.29, 0.717) is 5.75 Å². The minimum atomic E-state index is -3.81. The fourth-order valence-electron chi connectivity index (χ4n) is 2.09. The van der Waals surface area contributed by atoms with Crippen LogP contribution in [0.25, 0.3) is 0 Å². The summed E-state index contributed by atoms with van der Waals surface area (Å²) in [7, 11) is -3.81. The zero-order chi connectivity index (χ0) is 16.9. The topological polar surface area (TPSA) is 88.1 Å². The number of phosphoric acid groups is 1. The predicted octanol–water partition coefficient (Wildman–Crippen LogP) is 2.98. The molecule has 0 aromatic heterocycles. The van der Waals surface area contributed by atoms with Crippen molar-refractivity contribution >= 4 is 24.9 Å². The first-order valence-corrected chi connectivity index (χ1v) is 9.81. The molecule has 0 spiro atoms. The summed E-state index contributed by atoms with van der Waals surface area (Å²) in [6.45, 7) is 3.47. The second kappa shape index (κ2) is 8.06. The van der Waals surface area contributed by atoms with E-state index in [1.165, 1.54) is 0 Å². The third kappa shape index (κ3) is 5.42. The molecule has 1 aliphatic heterocycles. The lowest BCUT2D eigenvalue weighted by Crippen LogP contribution is -2.20. The van der Waals surface area contributed by atoms with Gasteiger partial charge in [-0.3, -0.25) is 13.8 Å². The molecule has 0 aliphatic carbocycles. The Kier molecular flexibility index (Phi) is 6.35. The summed E-state index contributed by atoms with van der Waals surface area (Å²) >= 11 is -1.68. The minimum Gasteiger partial charge on any atom is -0.404 e. The van der Waals surface area contributed by atoms with E-state index in [0.717, 1.165) is 0 Å². The molecule has 0 bridgehead atoms. The van der Waals surface area contributed by atoms with Crippen molar-refractivity contribution in [3.05, 3.63) is 30.3 Å². The number of hydrogen-bond acceptors (Lipinski definition) is 7. The summed E-state index contributed by atoms with van der Waals surface area (Å²) in [6.07, 6.45) is -0.286. The third-order valence-corrected chi connectivity index (χ3v) is 5.87.